The molecule has 2 fully saturated rings. The first-order valence-electron chi connectivity index (χ1n) is 13.4. The maximum Gasteiger partial charge on any atom is 0.309 e. The number of ether oxygens (including phenoxy) is 1. The molecular weight excluding hydrogens is 580 g/mol. The summed E-state index contributed by atoms with van der Waals surface area (Å²) in [6.45, 7) is 1.79. The van der Waals surface area contributed by atoms with Crippen LogP contribution >= 0.6 is 23.1 Å². The van der Waals surface area contributed by atoms with Crippen LogP contribution in [0.5, 0.6) is 0 Å². The molecule has 14 heteroatoms. The van der Waals surface area contributed by atoms with Crippen molar-refractivity contribution in [3.8, 4) is 11.3 Å². The van der Waals surface area contributed by atoms with E-state index in [9.17, 15) is 19.6 Å². The number of imide groups is 1. The molecule has 0 bridgehead atoms. The first kappa shape index (κ1) is 29.8. The number of aromatic nitrogens is 3. The highest BCUT2D eigenvalue weighted by Crippen LogP contribution is 2.35. The number of hydrogen-bond acceptors (Lipinski definition) is 12. The Bertz CT molecular complexity index is 1470. The summed E-state index contributed by atoms with van der Waals surface area (Å²) in [7, 11) is 0. The fraction of sp³-hybridized carbons (Fsp3) is 0.357. The van der Waals surface area contributed by atoms with Gasteiger partial charge >= 0.3 is 12.3 Å². The number of hydrogen-bond donors (Lipinski definition) is 3. The lowest BCUT2D eigenvalue weighted by Gasteiger charge is -2.37. The molecule has 42 heavy (non-hydrogen) atoms. The van der Waals surface area contributed by atoms with Crippen LogP contribution in [0.2, 0.25) is 0 Å². The summed E-state index contributed by atoms with van der Waals surface area (Å²) in [6, 6.07) is 9.24. The Balaban J connectivity index is 1.24. The Morgan fingerprint density at radius 2 is 2.14 bits per heavy atom. The van der Waals surface area contributed by atoms with Crippen LogP contribution in [0.4, 0.5) is 10.7 Å². The molecule has 1 saturated carbocycles. The minimum absolute atomic E-state index is 0.109. The van der Waals surface area contributed by atoms with Gasteiger partial charge in [0.1, 0.15) is 0 Å². The molecule has 0 radical (unpaired) electrons. The maximum atomic E-state index is 11.9. The van der Waals surface area contributed by atoms with Gasteiger partial charge in [-0.05, 0) is 72.7 Å². The number of nitrogens with zero attached hydrogens (tertiary/aromatic N) is 4. The largest absolute Gasteiger partial charge is 0.412 e. The molecule has 0 spiro atoms. The average Bonchev–Trinajstić information content (AvgIpc) is 3.59. The molecule has 1 saturated heterocycles. The van der Waals surface area contributed by atoms with Crippen molar-refractivity contribution in [3.05, 3.63) is 63.6 Å². The van der Waals surface area contributed by atoms with Gasteiger partial charge in [0.15, 0.2) is 0 Å². The Hall–Kier alpha value is -3.69. The summed E-state index contributed by atoms with van der Waals surface area (Å²) in [4.78, 5) is 48.7. The van der Waals surface area contributed by atoms with Crippen molar-refractivity contribution in [2.24, 2.45) is 11.8 Å². The number of nitrogens with one attached hydrogen (secondary N) is 2. The predicted molar refractivity (Wildman–Crippen MR) is 158 cm³/mol. The zero-order chi connectivity index (χ0) is 29.6. The van der Waals surface area contributed by atoms with Crippen LogP contribution in [-0.2, 0) is 20.9 Å². The van der Waals surface area contributed by atoms with Crippen LogP contribution in [0.25, 0.3) is 17.3 Å². The molecule has 220 valence electrons. The summed E-state index contributed by atoms with van der Waals surface area (Å²) in [5.74, 6) is -1.11. The number of esters is 1. The van der Waals surface area contributed by atoms with Gasteiger partial charge in [0, 0.05) is 36.7 Å². The van der Waals surface area contributed by atoms with Gasteiger partial charge in [-0.15, -0.1) is 0 Å². The van der Waals surface area contributed by atoms with E-state index in [2.05, 4.69) is 25.6 Å². The van der Waals surface area contributed by atoms with Gasteiger partial charge in [0.25, 0.3) is 11.1 Å². The number of hydroxylamine groups is 2. The van der Waals surface area contributed by atoms with E-state index in [0.717, 1.165) is 35.1 Å². The second kappa shape index (κ2) is 13.5. The fourth-order valence-electron chi connectivity index (χ4n) is 5.18. The second-order valence-electron chi connectivity index (χ2n) is 10.1. The van der Waals surface area contributed by atoms with E-state index in [1.165, 1.54) is 18.1 Å². The third-order valence-electron chi connectivity index (χ3n) is 7.07. The Kier molecular flexibility index (Phi) is 9.59. The van der Waals surface area contributed by atoms with E-state index >= 15 is 0 Å². The lowest BCUT2D eigenvalue weighted by Crippen LogP contribution is -2.44. The Morgan fingerprint density at radius 3 is 2.88 bits per heavy atom. The lowest BCUT2D eigenvalue weighted by molar-refractivity contribution is -0.187. The molecule has 5 N–H and O–H groups in total. The highest BCUT2D eigenvalue weighted by Gasteiger charge is 2.40. The third-order valence-corrected chi connectivity index (χ3v) is 8.57. The SMILES string of the molecule is CC(=O)OC([OH2+])C1C[C@H](Nc2nccc(/C=C3\SC(=O)NC3=O)n2)CCC1CN(O)Cc1cccc(-c2ccsc2)n1. The molecule has 1 aliphatic heterocycles. The molecule has 2 amide bonds. The fourth-order valence-corrected chi connectivity index (χ4v) is 6.50. The van der Waals surface area contributed by atoms with Gasteiger partial charge in [-0.2, -0.15) is 16.4 Å². The van der Waals surface area contributed by atoms with Gasteiger partial charge in [0.2, 0.25) is 5.95 Å². The summed E-state index contributed by atoms with van der Waals surface area (Å²) in [5.41, 5.74) is 3.06. The van der Waals surface area contributed by atoms with Gasteiger partial charge < -0.3 is 20.4 Å². The van der Waals surface area contributed by atoms with Gasteiger partial charge in [0.05, 0.1) is 34.4 Å². The number of thiophene rings is 1. The predicted octanol–water partition coefficient (Wildman–Crippen LogP) is 3.63. The quantitative estimate of drug-likeness (QED) is 0.101. The number of pyridine rings is 1. The minimum Gasteiger partial charge on any atom is -0.412 e. The molecule has 3 aromatic rings. The first-order valence-corrected chi connectivity index (χ1v) is 15.1. The number of amides is 2. The molecule has 1 aliphatic carbocycles. The number of anilines is 1. The molecule has 2 aliphatic rings. The van der Waals surface area contributed by atoms with E-state index in [4.69, 9.17) is 9.84 Å². The standard InChI is InChI=1S/C28H30N6O6S2/c1-16(35)40-26(37)22-11-19(31-27-29-9-7-20(32-27)12-24-25(36)33-28(38)42-24)6-5-17(22)13-34(39)14-21-3-2-4-23(30-21)18-8-10-41-15-18/h2-4,7-10,12,15,17,19,22,26,37,39H,5-6,11,13-14H2,1H3,(H,29,31,32)(H,33,36,38)/p+1/b24-12-/t17?,19-,22?,26?/m1/s1. The zero-order valence-electron chi connectivity index (χ0n) is 22.7. The monoisotopic (exact) mass is 611 g/mol. The van der Waals surface area contributed by atoms with Crippen molar-refractivity contribution < 1.29 is 29.4 Å². The average molecular weight is 612 g/mol. The summed E-state index contributed by atoms with van der Waals surface area (Å²) in [5, 5.41) is 29.8. The topological polar surface area (TPSA) is 170 Å². The van der Waals surface area contributed by atoms with Crippen molar-refractivity contribution in [3.63, 3.8) is 0 Å². The molecule has 5 rings (SSSR count). The molecule has 12 nitrogen and oxygen atoms in total. The zero-order valence-corrected chi connectivity index (χ0v) is 24.4. The van der Waals surface area contributed by atoms with Crippen LogP contribution < -0.4 is 10.6 Å². The van der Waals surface area contributed by atoms with Crippen molar-refractivity contribution >= 4 is 52.2 Å². The maximum absolute atomic E-state index is 11.9. The molecule has 0 aromatic carbocycles. The second-order valence-corrected chi connectivity index (χ2v) is 11.9. The van der Waals surface area contributed by atoms with Crippen molar-refractivity contribution in [2.75, 3.05) is 11.9 Å². The van der Waals surface area contributed by atoms with E-state index in [1.54, 1.807) is 23.6 Å². The third kappa shape index (κ3) is 7.77. The summed E-state index contributed by atoms with van der Waals surface area (Å²) < 4.78 is 5.27. The summed E-state index contributed by atoms with van der Waals surface area (Å²) in [6.07, 6.45) is 3.86. The lowest BCUT2D eigenvalue weighted by atomic mass is 9.76. The van der Waals surface area contributed by atoms with E-state index in [1.807, 2.05) is 35.0 Å². The van der Waals surface area contributed by atoms with Gasteiger partial charge in [-0.3, -0.25) is 24.7 Å². The van der Waals surface area contributed by atoms with Gasteiger partial charge in [-0.1, -0.05) is 6.07 Å². The van der Waals surface area contributed by atoms with E-state index in [-0.39, 0.29) is 35.9 Å². The van der Waals surface area contributed by atoms with E-state index in [0.29, 0.717) is 24.5 Å². The van der Waals surface area contributed by atoms with Crippen LogP contribution in [0.15, 0.2) is 52.2 Å². The minimum atomic E-state index is -1.10. The number of carbonyl (C=O) groups excluding carboxylic acids is 3. The van der Waals surface area contributed by atoms with Crippen LogP contribution in [-0.4, -0.2) is 66.3 Å². The Morgan fingerprint density at radius 1 is 1.29 bits per heavy atom. The van der Waals surface area contributed by atoms with Crippen molar-refractivity contribution in [1.29, 1.82) is 0 Å². The number of rotatable bonds is 10. The van der Waals surface area contributed by atoms with Crippen LogP contribution in [0.1, 0.15) is 37.6 Å². The number of carbonyl (C=O) groups is 3. The smallest absolute Gasteiger partial charge is 0.309 e. The highest BCUT2D eigenvalue weighted by molar-refractivity contribution is 8.18. The first-order chi connectivity index (χ1) is 20.2. The van der Waals surface area contributed by atoms with Crippen molar-refractivity contribution in [2.45, 2.75) is 45.1 Å². The van der Waals surface area contributed by atoms with Crippen LogP contribution in [0.3, 0.4) is 0 Å². The van der Waals surface area contributed by atoms with Crippen molar-refractivity contribution in [1.82, 2.24) is 25.3 Å². The molecular formula is C28H31N6O6S2+. The molecule has 4 heterocycles. The Labute approximate surface area is 250 Å². The highest BCUT2D eigenvalue weighted by atomic mass is 32.2. The molecule has 4 atom stereocenters. The summed E-state index contributed by atoms with van der Waals surface area (Å²) >= 11 is 2.41. The van der Waals surface area contributed by atoms with Gasteiger partial charge in [-0.25, -0.2) is 9.97 Å². The molecule has 3 aromatic heterocycles. The molecule has 3 unspecified atom stereocenters. The van der Waals surface area contributed by atoms with E-state index < -0.39 is 23.4 Å². The normalized spacial score (nSPS) is 22.3. The number of thioether (sulfide) groups is 1. The van der Waals surface area contributed by atoms with Crippen LogP contribution in [0, 0.1) is 11.8 Å².